The Morgan fingerprint density at radius 2 is 1.56 bits per heavy atom. The van der Waals surface area contributed by atoms with Gasteiger partial charge in [-0.1, -0.05) is 59.9 Å². The molecule has 36 heavy (non-hydrogen) atoms. The number of aliphatic imine (C=N–C) groups is 1. The van der Waals surface area contributed by atoms with Crippen molar-refractivity contribution >= 4 is 40.0 Å². The molecule has 0 aliphatic carbocycles. The van der Waals surface area contributed by atoms with Crippen LogP contribution in [0.1, 0.15) is 11.3 Å². The lowest BCUT2D eigenvalue weighted by atomic mass is 10.2. The molecule has 0 amide bonds. The largest absolute Gasteiger partial charge is 0.453 e. The normalized spacial score (nSPS) is 13.6. The highest BCUT2D eigenvalue weighted by molar-refractivity contribution is 8.14. The molecule has 0 atom stereocenters. The summed E-state index contributed by atoms with van der Waals surface area (Å²) in [6.45, 7) is 7.70. The Morgan fingerprint density at radius 3 is 2.19 bits per heavy atom. The Balaban J connectivity index is 1.53. The molecule has 5 rings (SSSR count). The molecule has 0 radical (unpaired) electrons. The van der Waals surface area contributed by atoms with Crippen molar-refractivity contribution in [1.29, 1.82) is 5.26 Å². The molecule has 1 aliphatic rings. The highest BCUT2D eigenvalue weighted by atomic mass is 32.2. The standard InChI is InChI=1S/C29H18N4OS2/c1-31-26-18-25(33-29(26)36-23-10-6-3-7-11-23)28(34-21-14-12-20(19-30)13-15-21)24-16-17-27(32-24)35-22-8-4-2-5-9-22/h2-18,33H/b28-24+. The van der Waals surface area contributed by atoms with E-state index in [0.29, 0.717) is 34.2 Å². The van der Waals surface area contributed by atoms with Gasteiger partial charge in [0.05, 0.1) is 28.9 Å². The van der Waals surface area contributed by atoms with E-state index in [-0.39, 0.29) is 0 Å². The van der Waals surface area contributed by atoms with E-state index in [1.54, 1.807) is 42.1 Å². The Hall–Kier alpha value is -4.43. The minimum absolute atomic E-state index is 0.504. The molecule has 5 nitrogen and oxygen atoms in total. The average Bonchev–Trinajstić information content (AvgIpc) is 3.55. The Bertz CT molecular complexity index is 1560. The summed E-state index contributed by atoms with van der Waals surface area (Å²) in [5.41, 5.74) is 2.35. The maximum atomic E-state index is 9.13. The van der Waals surface area contributed by atoms with Crippen LogP contribution in [0.25, 0.3) is 10.6 Å². The number of aromatic amines is 1. The molecule has 0 spiro atoms. The predicted molar refractivity (Wildman–Crippen MR) is 145 cm³/mol. The lowest BCUT2D eigenvalue weighted by Crippen LogP contribution is -1.99. The van der Waals surface area contributed by atoms with E-state index in [9.17, 15) is 0 Å². The Morgan fingerprint density at radius 1 is 0.889 bits per heavy atom. The van der Waals surface area contributed by atoms with Gasteiger partial charge in [0, 0.05) is 9.79 Å². The molecule has 1 N–H and O–H groups in total. The number of nitrogens with zero attached hydrogens (tertiary/aromatic N) is 3. The zero-order valence-electron chi connectivity index (χ0n) is 18.9. The number of thioether (sulfide) groups is 1. The van der Waals surface area contributed by atoms with E-state index in [1.807, 2.05) is 72.8 Å². The van der Waals surface area contributed by atoms with Crippen LogP contribution in [-0.4, -0.2) is 10.0 Å². The van der Waals surface area contributed by atoms with Gasteiger partial charge in [-0.05, 0) is 66.7 Å². The van der Waals surface area contributed by atoms with Crippen molar-refractivity contribution in [3.05, 3.63) is 132 Å². The quantitative estimate of drug-likeness (QED) is 0.214. The highest BCUT2D eigenvalue weighted by Gasteiger charge is 2.20. The molecule has 0 bridgehead atoms. The van der Waals surface area contributed by atoms with Crippen LogP contribution < -0.4 is 4.74 Å². The SMILES string of the molecule is [C-]#[N+]c1cc(/C(Oc2ccc(C#N)cc2)=C2/C=CC(Sc3ccccc3)=N2)[nH]c1Sc1ccccc1. The number of nitrogens with one attached hydrogen (secondary N) is 1. The first kappa shape index (κ1) is 23.3. The summed E-state index contributed by atoms with van der Waals surface area (Å²) < 4.78 is 6.30. The number of H-pyrrole nitrogens is 1. The lowest BCUT2D eigenvalue weighted by Gasteiger charge is -2.11. The van der Waals surface area contributed by atoms with Crippen LogP contribution >= 0.6 is 23.5 Å². The predicted octanol–water partition coefficient (Wildman–Crippen LogP) is 8.10. The number of hydrogen-bond donors (Lipinski definition) is 1. The second kappa shape index (κ2) is 10.9. The fraction of sp³-hybridized carbons (Fsp3) is 0. The Labute approximate surface area is 217 Å². The molecule has 0 saturated heterocycles. The maximum absolute atomic E-state index is 9.13. The fourth-order valence-electron chi connectivity index (χ4n) is 3.41. The second-order valence-electron chi connectivity index (χ2n) is 7.58. The topological polar surface area (TPSA) is 65.5 Å². The number of ether oxygens (including phenoxy) is 1. The molecule has 0 fully saturated rings. The van der Waals surface area contributed by atoms with E-state index in [4.69, 9.17) is 21.6 Å². The van der Waals surface area contributed by atoms with E-state index in [1.165, 1.54) is 11.8 Å². The van der Waals surface area contributed by atoms with Gasteiger partial charge in [0.25, 0.3) is 0 Å². The molecule has 4 aromatic rings. The zero-order valence-corrected chi connectivity index (χ0v) is 20.5. The van der Waals surface area contributed by atoms with Crippen molar-refractivity contribution in [2.45, 2.75) is 14.8 Å². The first-order chi connectivity index (χ1) is 17.7. The van der Waals surface area contributed by atoms with Gasteiger partial charge in [0.15, 0.2) is 5.76 Å². The monoisotopic (exact) mass is 502 g/mol. The third-order valence-corrected chi connectivity index (χ3v) is 7.07. The van der Waals surface area contributed by atoms with Crippen LogP contribution in [0.4, 0.5) is 5.69 Å². The molecule has 3 aromatic carbocycles. The molecule has 0 unspecified atom stereocenters. The molecule has 7 heteroatoms. The summed E-state index contributed by atoms with van der Waals surface area (Å²) in [7, 11) is 0. The van der Waals surface area contributed by atoms with Crippen molar-refractivity contribution in [2.75, 3.05) is 0 Å². The van der Waals surface area contributed by atoms with Crippen molar-refractivity contribution in [1.82, 2.24) is 4.98 Å². The van der Waals surface area contributed by atoms with Gasteiger partial charge in [0.1, 0.15) is 16.5 Å². The van der Waals surface area contributed by atoms with E-state index < -0.39 is 0 Å². The Kier molecular flexibility index (Phi) is 7.05. The molecule has 1 aromatic heterocycles. The van der Waals surface area contributed by atoms with Gasteiger partial charge in [0.2, 0.25) is 5.69 Å². The van der Waals surface area contributed by atoms with Gasteiger partial charge in [-0.25, -0.2) is 9.84 Å². The fourth-order valence-corrected chi connectivity index (χ4v) is 5.12. The molecule has 0 saturated carbocycles. The van der Waals surface area contributed by atoms with Gasteiger partial charge >= 0.3 is 0 Å². The summed E-state index contributed by atoms with van der Waals surface area (Å²) >= 11 is 3.06. The first-order valence-corrected chi connectivity index (χ1v) is 12.6. The number of rotatable bonds is 6. The number of aromatic nitrogens is 1. The minimum atomic E-state index is 0.504. The van der Waals surface area contributed by atoms with Crippen molar-refractivity contribution in [3.63, 3.8) is 0 Å². The molecular weight excluding hydrogens is 484 g/mol. The van der Waals surface area contributed by atoms with Gasteiger partial charge in [-0.2, -0.15) is 5.26 Å². The summed E-state index contributed by atoms with van der Waals surface area (Å²) in [6, 6.07) is 30.8. The van der Waals surface area contributed by atoms with Crippen LogP contribution in [-0.2, 0) is 0 Å². The lowest BCUT2D eigenvalue weighted by molar-refractivity contribution is 0.508. The van der Waals surface area contributed by atoms with Crippen LogP contribution in [0.2, 0.25) is 0 Å². The van der Waals surface area contributed by atoms with Crippen LogP contribution in [0.3, 0.4) is 0 Å². The molecular formula is C29H18N4OS2. The highest BCUT2D eigenvalue weighted by Crippen LogP contribution is 2.39. The van der Waals surface area contributed by atoms with E-state index in [2.05, 4.69) is 15.9 Å². The van der Waals surface area contributed by atoms with E-state index >= 15 is 0 Å². The first-order valence-electron chi connectivity index (χ1n) is 11.0. The molecule has 172 valence electrons. The van der Waals surface area contributed by atoms with Crippen LogP contribution in [0.15, 0.2) is 129 Å². The summed E-state index contributed by atoms with van der Waals surface area (Å²) in [5.74, 6) is 1.07. The van der Waals surface area contributed by atoms with Gasteiger partial charge < -0.3 is 9.72 Å². The third kappa shape index (κ3) is 5.45. The number of benzene rings is 3. The summed E-state index contributed by atoms with van der Waals surface area (Å²) in [4.78, 5) is 14.0. The van der Waals surface area contributed by atoms with Gasteiger partial charge in [-0.15, -0.1) is 0 Å². The zero-order chi connectivity index (χ0) is 24.7. The number of nitriles is 1. The van der Waals surface area contributed by atoms with Crippen molar-refractivity contribution < 1.29 is 4.74 Å². The van der Waals surface area contributed by atoms with Crippen LogP contribution in [0.5, 0.6) is 5.75 Å². The summed E-state index contributed by atoms with van der Waals surface area (Å²) in [5, 5.41) is 10.7. The molecule has 2 heterocycles. The average molecular weight is 503 g/mol. The third-order valence-electron chi connectivity index (χ3n) is 5.11. The molecule has 1 aliphatic heterocycles. The van der Waals surface area contributed by atoms with Crippen LogP contribution in [0, 0.1) is 17.9 Å². The smallest absolute Gasteiger partial charge is 0.218 e. The second-order valence-corrected chi connectivity index (χ2v) is 9.75. The number of hydrogen-bond acceptors (Lipinski definition) is 5. The number of allylic oxidation sites excluding steroid dienone is 1. The van der Waals surface area contributed by atoms with Gasteiger partial charge in [-0.3, -0.25) is 0 Å². The van der Waals surface area contributed by atoms with Crippen molar-refractivity contribution in [2.24, 2.45) is 4.99 Å². The van der Waals surface area contributed by atoms with Crippen molar-refractivity contribution in [3.8, 4) is 11.8 Å². The minimum Gasteiger partial charge on any atom is -0.453 e. The summed E-state index contributed by atoms with van der Waals surface area (Å²) in [6.07, 6.45) is 3.86. The maximum Gasteiger partial charge on any atom is 0.218 e. The van der Waals surface area contributed by atoms with E-state index in [0.717, 1.165) is 19.9 Å².